The highest BCUT2D eigenvalue weighted by molar-refractivity contribution is 7.99. The second-order valence-corrected chi connectivity index (χ2v) is 8.69. The molecule has 1 amide bonds. The van der Waals surface area contributed by atoms with Crippen molar-refractivity contribution in [3.8, 4) is 17.2 Å². The average molecular weight is 521 g/mol. The summed E-state index contributed by atoms with van der Waals surface area (Å²) < 4.78 is 26.6. The average Bonchev–Trinajstić information content (AvgIpc) is 3.56. The minimum Gasteiger partial charge on any atom is -0.495 e. The Kier molecular flexibility index (Phi) is 6.95. The van der Waals surface area contributed by atoms with Gasteiger partial charge in [-0.25, -0.2) is 9.78 Å². The van der Waals surface area contributed by atoms with Crippen LogP contribution in [0.2, 0.25) is 0 Å². The number of esters is 1. The van der Waals surface area contributed by atoms with E-state index in [1.807, 2.05) is 18.2 Å². The first-order valence-corrected chi connectivity index (χ1v) is 12.0. The number of nitrogens with zero attached hydrogens (tertiary/aromatic N) is 1. The molecule has 1 N–H and O–H groups in total. The van der Waals surface area contributed by atoms with Crippen molar-refractivity contribution in [3.05, 3.63) is 71.8 Å². The van der Waals surface area contributed by atoms with E-state index in [2.05, 4.69) is 10.3 Å². The zero-order chi connectivity index (χ0) is 25.8. The summed E-state index contributed by atoms with van der Waals surface area (Å²) in [5, 5.41) is 3.09. The number of rotatable bonds is 9. The minimum absolute atomic E-state index is 0.0225. The van der Waals surface area contributed by atoms with Gasteiger partial charge in [0, 0.05) is 5.56 Å². The van der Waals surface area contributed by atoms with Crippen LogP contribution in [0.3, 0.4) is 0 Å². The third kappa shape index (κ3) is 5.51. The van der Waals surface area contributed by atoms with E-state index in [9.17, 15) is 14.4 Å². The number of hydrogen-bond donors (Lipinski definition) is 1. The molecule has 0 atom stereocenters. The molecule has 2 heterocycles. The number of anilines is 1. The monoisotopic (exact) mass is 520 g/mol. The zero-order valence-corrected chi connectivity index (χ0v) is 20.3. The highest BCUT2D eigenvalue weighted by Gasteiger charge is 2.19. The van der Waals surface area contributed by atoms with Gasteiger partial charge in [0.1, 0.15) is 11.3 Å². The number of oxazole rings is 1. The van der Waals surface area contributed by atoms with E-state index in [1.54, 1.807) is 24.3 Å². The Balaban J connectivity index is 1.19. The molecule has 37 heavy (non-hydrogen) atoms. The van der Waals surface area contributed by atoms with E-state index in [4.69, 9.17) is 23.4 Å². The lowest BCUT2D eigenvalue weighted by Gasteiger charge is -2.12. The van der Waals surface area contributed by atoms with Gasteiger partial charge in [-0.2, -0.15) is 0 Å². The lowest BCUT2D eigenvalue weighted by atomic mass is 10.1. The Morgan fingerprint density at radius 1 is 1.00 bits per heavy atom. The Morgan fingerprint density at radius 2 is 1.81 bits per heavy atom. The standard InChI is InChI=1S/C26H20N2O8S/c1-32-20-8-7-16(25(31)33-12-19(29)15-6-9-22-23(11-15)35-14-34-22)10-18(20)27-24(30)13-37-26-28-17-4-2-3-5-21(17)36-26/h2-11H,12-14H2,1H3,(H,27,30). The second kappa shape index (κ2) is 10.6. The number of para-hydroxylation sites is 2. The molecule has 0 bridgehead atoms. The molecule has 4 aromatic rings. The summed E-state index contributed by atoms with van der Waals surface area (Å²) >= 11 is 1.14. The molecule has 5 rings (SSSR count). The smallest absolute Gasteiger partial charge is 0.338 e. The maximum Gasteiger partial charge on any atom is 0.338 e. The van der Waals surface area contributed by atoms with Crippen LogP contribution in [0.1, 0.15) is 20.7 Å². The van der Waals surface area contributed by atoms with Crippen LogP contribution in [0, 0.1) is 0 Å². The fraction of sp³-hybridized carbons (Fsp3) is 0.154. The fourth-order valence-electron chi connectivity index (χ4n) is 3.53. The number of fused-ring (bicyclic) bond motifs is 2. The summed E-state index contributed by atoms with van der Waals surface area (Å²) in [6.45, 7) is -0.374. The lowest BCUT2D eigenvalue weighted by Crippen LogP contribution is -2.17. The Labute approximate surface area is 214 Å². The van der Waals surface area contributed by atoms with Gasteiger partial charge in [-0.05, 0) is 48.5 Å². The van der Waals surface area contributed by atoms with E-state index in [-0.39, 0.29) is 29.7 Å². The van der Waals surface area contributed by atoms with Gasteiger partial charge in [0.2, 0.25) is 12.7 Å². The maximum atomic E-state index is 12.6. The summed E-state index contributed by atoms with van der Waals surface area (Å²) in [6.07, 6.45) is 0. The summed E-state index contributed by atoms with van der Waals surface area (Å²) in [5.74, 6) is -0.0925. The molecule has 11 heteroatoms. The van der Waals surface area contributed by atoms with Crippen LogP contribution in [0.4, 0.5) is 5.69 Å². The third-order valence-corrected chi connectivity index (χ3v) is 6.17. The number of carbonyl (C=O) groups excluding carboxylic acids is 3. The molecule has 1 aromatic heterocycles. The molecule has 188 valence electrons. The van der Waals surface area contributed by atoms with Crippen molar-refractivity contribution >= 4 is 46.2 Å². The first-order chi connectivity index (χ1) is 18.0. The number of amides is 1. The predicted molar refractivity (Wildman–Crippen MR) is 134 cm³/mol. The lowest BCUT2D eigenvalue weighted by molar-refractivity contribution is -0.113. The van der Waals surface area contributed by atoms with Crippen LogP contribution >= 0.6 is 11.8 Å². The summed E-state index contributed by atoms with van der Waals surface area (Å²) in [6, 6.07) is 16.5. The largest absolute Gasteiger partial charge is 0.495 e. The Morgan fingerprint density at radius 3 is 2.65 bits per heavy atom. The molecule has 0 saturated carbocycles. The third-order valence-electron chi connectivity index (χ3n) is 5.34. The molecule has 0 spiro atoms. The molecule has 0 radical (unpaired) electrons. The van der Waals surface area contributed by atoms with Crippen LogP contribution in [0.25, 0.3) is 11.1 Å². The number of hydrogen-bond acceptors (Lipinski definition) is 10. The topological polar surface area (TPSA) is 126 Å². The summed E-state index contributed by atoms with van der Waals surface area (Å²) in [4.78, 5) is 42.0. The van der Waals surface area contributed by atoms with Crippen LogP contribution in [-0.2, 0) is 9.53 Å². The van der Waals surface area contributed by atoms with Gasteiger partial charge in [0.15, 0.2) is 29.5 Å². The number of ether oxygens (including phenoxy) is 4. The van der Waals surface area contributed by atoms with Crippen molar-refractivity contribution in [1.29, 1.82) is 0 Å². The van der Waals surface area contributed by atoms with Crippen molar-refractivity contribution in [1.82, 2.24) is 4.98 Å². The zero-order valence-electron chi connectivity index (χ0n) is 19.5. The molecule has 10 nitrogen and oxygen atoms in total. The van der Waals surface area contributed by atoms with Gasteiger partial charge in [-0.15, -0.1) is 0 Å². The van der Waals surface area contributed by atoms with Crippen LogP contribution < -0.4 is 19.5 Å². The number of nitrogens with one attached hydrogen (secondary N) is 1. The van der Waals surface area contributed by atoms with E-state index >= 15 is 0 Å². The molecular weight excluding hydrogens is 500 g/mol. The molecule has 0 fully saturated rings. The number of aromatic nitrogens is 1. The molecule has 3 aromatic carbocycles. The minimum atomic E-state index is -0.729. The molecule has 0 saturated heterocycles. The Bertz CT molecular complexity index is 1470. The van der Waals surface area contributed by atoms with Crippen LogP contribution in [0.5, 0.6) is 17.2 Å². The highest BCUT2D eigenvalue weighted by Crippen LogP contribution is 2.33. The quantitative estimate of drug-likeness (QED) is 0.193. The van der Waals surface area contributed by atoms with Crippen LogP contribution in [0.15, 0.2) is 70.3 Å². The molecule has 1 aliphatic rings. The van der Waals surface area contributed by atoms with Gasteiger partial charge < -0.3 is 28.7 Å². The number of benzene rings is 3. The van der Waals surface area contributed by atoms with Crippen molar-refractivity contribution in [2.24, 2.45) is 0 Å². The van der Waals surface area contributed by atoms with Crippen molar-refractivity contribution in [3.63, 3.8) is 0 Å². The van der Waals surface area contributed by atoms with Gasteiger partial charge in [-0.1, -0.05) is 23.9 Å². The van der Waals surface area contributed by atoms with Gasteiger partial charge in [0.05, 0.1) is 24.1 Å². The Hall–Kier alpha value is -4.51. The van der Waals surface area contributed by atoms with Crippen molar-refractivity contribution < 1.29 is 37.7 Å². The van der Waals surface area contributed by atoms with Gasteiger partial charge >= 0.3 is 5.97 Å². The van der Waals surface area contributed by atoms with E-state index in [1.165, 1.54) is 25.3 Å². The summed E-state index contributed by atoms with van der Waals surface area (Å²) in [7, 11) is 1.44. The van der Waals surface area contributed by atoms with Crippen molar-refractivity contribution in [2.45, 2.75) is 5.22 Å². The van der Waals surface area contributed by atoms with Crippen molar-refractivity contribution in [2.75, 3.05) is 31.6 Å². The first kappa shape index (κ1) is 24.2. The van der Waals surface area contributed by atoms with Crippen LogP contribution in [-0.4, -0.2) is 48.9 Å². The number of Topliss-reactive ketones (excluding diaryl/α,β-unsaturated/α-hetero) is 1. The number of carbonyl (C=O) groups is 3. The highest BCUT2D eigenvalue weighted by atomic mass is 32.2. The SMILES string of the molecule is COc1ccc(C(=O)OCC(=O)c2ccc3c(c2)OCO3)cc1NC(=O)CSc1nc2ccccc2o1. The van der Waals surface area contributed by atoms with Gasteiger partial charge in [-0.3, -0.25) is 9.59 Å². The molecule has 0 unspecified atom stereocenters. The summed E-state index contributed by atoms with van der Waals surface area (Å²) in [5.41, 5.74) is 2.09. The van der Waals surface area contributed by atoms with E-state index in [0.29, 0.717) is 39.1 Å². The molecular formula is C26H20N2O8S. The number of ketones is 1. The van der Waals surface area contributed by atoms with E-state index in [0.717, 1.165) is 11.8 Å². The maximum absolute atomic E-state index is 12.6. The second-order valence-electron chi connectivity index (χ2n) is 7.77. The first-order valence-electron chi connectivity index (χ1n) is 11.1. The fourth-order valence-corrected chi connectivity index (χ4v) is 4.17. The van der Waals surface area contributed by atoms with Gasteiger partial charge in [0.25, 0.3) is 5.22 Å². The number of methoxy groups -OCH3 is 1. The normalized spacial score (nSPS) is 11.8. The molecule has 0 aliphatic carbocycles. The number of thioether (sulfide) groups is 1. The molecule has 1 aliphatic heterocycles. The predicted octanol–water partition coefficient (Wildman–Crippen LogP) is 4.34. The van der Waals surface area contributed by atoms with E-state index < -0.39 is 18.4 Å².